The lowest BCUT2D eigenvalue weighted by Gasteiger charge is -2.11. The van der Waals surface area contributed by atoms with Crippen molar-refractivity contribution in [1.82, 2.24) is 14.4 Å². The van der Waals surface area contributed by atoms with E-state index in [2.05, 4.69) is 41.6 Å². The van der Waals surface area contributed by atoms with Crippen molar-refractivity contribution in [3.8, 4) is 11.3 Å². The average Bonchev–Trinajstić information content (AvgIpc) is 2.85. The van der Waals surface area contributed by atoms with E-state index in [1.165, 1.54) is 5.56 Å². The summed E-state index contributed by atoms with van der Waals surface area (Å²) < 4.78 is 2.14. The molecule has 0 bridgehead atoms. The van der Waals surface area contributed by atoms with Crippen LogP contribution in [0, 0.1) is 6.92 Å². The third-order valence-corrected chi connectivity index (χ3v) is 3.59. The summed E-state index contributed by atoms with van der Waals surface area (Å²) in [6.45, 7) is 4.81. The molecule has 1 unspecified atom stereocenters. The zero-order valence-electron chi connectivity index (χ0n) is 11.7. The van der Waals surface area contributed by atoms with E-state index in [9.17, 15) is 0 Å². The highest BCUT2D eigenvalue weighted by Crippen LogP contribution is 2.29. The molecule has 0 aliphatic carbocycles. The van der Waals surface area contributed by atoms with Crippen molar-refractivity contribution >= 4 is 5.65 Å². The molecule has 20 heavy (non-hydrogen) atoms. The van der Waals surface area contributed by atoms with Gasteiger partial charge in [0, 0.05) is 36.6 Å². The van der Waals surface area contributed by atoms with Crippen LogP contribution in [-0.2, 0) is 0 Å². The molecule has 4 heteroatoms. The SMILES string of the molecule is Cc1ccn2c(C(C)CN)c(-c3ccncc3)nc2c1. The van der Waals surface area contributed by atoms with Crippen LogP contribution in [0.25, 0.3) is 16.9 Å². The number of hydrogen-bond acceptors (Lipinski definition) is 3. The maximum atomic E-state index is 5.88. The number of nitrogens with zero attached hydrogens (tertiary/aromatic N) is 3. The lowest BCUT2D eigenvalue weighted by molar-refractivity contribution is 0.738. The second kappa shape index (κ2) is 5.06. The third kappa shape index (κ3) is 2.08. The Hall–Kier alpha value is -2.20. The Kier molecular flexibility index (Phi) is 3.24. The molecule has 0 fully saturated rings. The second-order valence-corrected chi connectivity index (χ2v) is 5.15. The second-order valence-electron chi connectivity index (χ2n) is 5.15. The molecule has 0 spiro atoms. The molecule has 0 aliphatic rings. The summed E-state index contributed by atoms with van der Waals surface area (Å²) in [5.41, 5.74) is 11.3. The molecule has 0 aliphatic heterocycles. The van der Waals surface area contributed by atoms with Gasteiger partial charge in [-0.25, -0.2) is 4.98 Å². The molecule has 0 radical (unpaired) electrons. The Bertz CT molecular complexity index is 731. The summed E-state index contributed by atoms with van der Waals surface area (Å²) in [5, 5.41) is 0. The van der Waals surface area contributed by atoms with Gasteiger partial charge in [0.05, 0.1) is 11.4 Å². The van der Waals surface area contributed by atoms with Gasteiger partial charge in [0.1, 0.15) is 5.65 Å². The van der Waals surface area contributed by atoms with E-state index in [-0.39, 0.29) is 5.92 Å². The molecule has 3 aromatic rings. The molecule has 0 aromatic carbocycles. The highest BCUT2D eigenvalue weighted by molar-refractivity contribution is 5.67. The van der Waals surface area contributed by atoms with Gasteiger partial charge in [-0.3, -0.25) is 4.98 Å². The first-order valence-corrected chi connectivity index (χ1v) is 6.79. The summed E-state index contributed by atoms with van der Waals surface area (Å²) in [4.78, 5) is 8.87. The monoisotopic (exact) mass is 266 g/mol. The fourth-order valence-electron chi connectivity index (χ4n) is 2.47. The van der Waals surface area contributed by atoms with Crippen LogP contribution >= 0.6 is 0 Å². The van der Waals surface area contributed by atoms with E-state index in [0.717, 1.165) is 22.6 Å². The standard InChI is InChI=1S/C16H18N4/c1-11-5-8-20-14(9-11)19-15(16(20)12(2)10-17)13-3-6-18-7-4-13/h3-9,12H,10,17H2,1-2H3. The molecule has 4 nitrogen and oxygen atoms in total. The van der Waals surface area contributed by atoms with Crippen LogP contribution in [0.1, 0.15) is 24.1 Å². The Morgan fingerprint density at radius 3 is 2.70 bits per heavy atom. The average molecular weight is 266 g/mol. The van der Waals surface area contributed by atoms with Crippen LogP contribution in [0.5, 0.6) is 0 Å². The summed E-state index contributed by atoms with van der Waals surface area (Å²) in [6.07, 6.45) is 5.66. The van der Waals surface area contributed by atoms with Gasteiger partial charge in [0.2, 0.25) is 0 Å². The molecule has 102 valence electrons. The lowest BCUT2D eigenvalue weighted by atomic mass is 10.0. The van der Waals surface area contributed by atoms with Gasteiger partial charge >= 0.3 is 0 Å². The summed E-state index contributed by atoms with van der Waals surface area (Å²) in [6, 6.07) is 8.16. The van der Waals surface area contributed by atoms with Crippen molar-refractivity contribution < 1.29 is 0 Å². The predicted molar refractivity (Wildman–Crippen MR) is 80.6 cm³/mol. The van der Waals surface area contributed by atoms with Crippen molar-refractivity contribution in [3.05, 3.63) is 54.1 Å². The summed E-state index contributed by atoms with van der Waals surface area (Å²) in [5.74, 6) is 0.246. The van der Waals surface area contributed by atoms with E-state index >= 15 is 0 Å². The van der Waals surface area contributed by atoms with Gasteiger partial charge in [-0.05, 0) is 36.8 Å². The van der Waals surface area contributed by atoms with Gasteiger partial charge in [-0.1, -0.05) is 6.92 Å². The van der Waals surface area contributed by atoms with Crippen molar-refractivity contribution in [2.45, 2.75) is 19.8 Å². The number of aromatic nitrogens is 3. The molecular weight excluding hydrogens is 248 g/mol. The Morgan fingerprint density at radius 2 is 2.00 bits per heavy atom. The maximum Gasteiger partial charge on any atom is 0.137 e. The minimum absolute atomic E-state index is 0.246. The van der Waals surface area contributed by atoms with Crippen LogP contribution in [0.15, 0.2) is 42.9 Å². The first kappa shape index (κ1) is 12.8. The van der Waals surface area contributed by atoms with Gasteiger partial charge < -0.3 is 10.1 Å². The minimum Gasteiger partial charge on any atom is -0.330 e. The molecule has 0 saturated heterocycles. The minimum atomic E-state index is 0.246. The maximum absolute atomic E-state index is 5.88. The number of pyridine rings is 2. The smallest absolute Gasteiger partial charge is 0.137 e. The van der Waals surface area contributed by atoms with Crippen molar-refractivity contribution in [2.24, 2.45) is 5.73 Å². The molecule has 1 atom stereocenters. The van der Waals surface area contributed by atoms with Gasteiger partial charge in [-0.15, -0.1) is 0 Å². The number of hydrogen-bond donors (Lipinski definition) is 1. The number of fused-ring (bicyclic) bond motifs is 1. The van der Waals surface area contributed by atoms with Crippen LogP contribution < -0.4 is 5.73 Å². The number of rotatable bonds is 3. The van der Waals surface area contributed by atoms with Crippen LogP contribution in [0.2, 0.25) is 0 Å². The van der Waals surface area contributed by atoms with E-state index in [1.54, 1.807) is 12.4 Å². The molecule has 3 rings (SSSR count). The van der Waals surface area contributed by atoms with Crippen LogP contribution in [0.3, 0.4) is 0 Å². The first-order valence-electron chi connectivity index (χ1n) is 6.79. The highest BCUT2D eigenvalue weighted by Gasteiger charge is 2.18. The third-order valence-electron chi connectivity index (χ3n) is 3.59. The molecule has 3 aromatic heterocycles. The fourth-order valence-corrected chi connectivity index (χ4v) is 2.47. The van der Waals surface area contributed by atoms with E-state index in [4.69, 9.17) is 10.7 Å². The van der Waals surface area contributed by atoms with Gasteiger partial charge in [0.15, 0.2) is 0 Å². The van der Waals surface area contributed by atoms with Gasteiger partial charge in [0.25, 0.3) is 0 Å². The van der Waals surface area contributed by atoms with E-state index in [1.807, 2.05) is 12.1 Å². The Morgan fingerprint density at radius 1 is 1.25 bits per heavy atom. The largest absolute Gasteiger partial charge is 0.330 e. The lowest BCUT2D eigenvalue weighted by Crippen LogP contribution is -2.12. The number of nitrogens with two attached hydrogens (primary N) is 1. The van der Waals surface area contributed by atoms with Crippen molar-refractivity contribution in [2.75, 3.05) is 6.54 Å². The van der Waals surface area contributed by atoms with E-state index < -0.39 is 0 Å². The Labute approximate surface area is 118 Å². The normalized spacial score (nSPS) is 12.8. The summed E-state index contributed by atoms with van der Waals surface area (Å²) >= 11 is 0. The number of aryl methyl sites for hydroxylation is 1. The van der Waals surface area contributed by atoms with Crippen LogP contribution in [0.4, 0.5) is 0 Å². The molecule has 3 heterocycles. The van der Waals surface area contributed by atoms with Gasteiger partial charge in [-0.2, -0.15) is 0 Å². The first-order chi connectivity index (χ1) is 9.70. The molecule has 0 saturated carbocycles. The number of imidazole rings is 1. The topological polar surface area (TPSA) is 56.2 Å². The van der Waals surface area contributed by atoms with E-state index in [0.29, 0.717) is 6.54 Å². The van der Waals surface area contributed by atoms with Crippen molar-refractivity contribution in [3.63, 3.8) is 0 Å². The summed E-state index contributed by atoms with van der Waals surface area (Å²) in [7, 11) is 0. The Balaban J connectivity index is 2.30. The molecule has 0 amide bonds. The fraction of sp³-hybridized carbons (Fsp3) is 0.250. The quantitative estimate of drug-likeness (QED) is 0.793. The zero-order chi connectivity index (χ0) is 14.1. The highest BCUT2D eigenvalue weighted by atomic mass is 15.0. The van der Waals surface area contributed by atoms with Crippen LogP contribution in [-0.4, -0.2) is 20.9 Å². The predicted octanol–water partition coefficient (Wildman–Crippen LogP) is 2.77. The molecule has 2 N–H and O–H groups in total. The molecular formula is C16H18N4. The zero-order valence-corrected chi connectivity index (χ0v) is 11.7. The van der Waals surface area contributed by atoms with Crippen molar-refractivity contribution in [1.29, 1.82) is 0 Å².